The summed E-state index contributed by atoms with van der Waals surface area (Å²) in [5.74, 6) is 0.761. The molecule has 1 fully saturated rings. The summed E-state index contributed by atoms with van der Waals surface area (Å²) >= 11 is 0. The number of carbonyl (C=O) groups is 1. The Morgan fingerprint density at radius 3 is 2.42 bits per heavy atom. The first-order valence-electron chi connectivity index (χ1n) is 8.86. The lowest BCUT2D eigenvalue weighted by atomic mass is 10.00. The molecule has 0 saturated heterocycles. The van der Waals surface area contributed by atoms with Gasteiger partial charge in [-0.15, -0.1) is 0 Å². The lowest BCUT2D eigenvalue weighted by Crippen LogP contribution is -2.35. The van der Waals surface area contributed by atoms with Crippen molar-refractivity contribution in [3.05, 3.63) is 76.4 Å². The molecule has 2 heteroatoms. The molecule has 0 aromatic heterocycles. The van der Waals surface area contributed by atoms with Crippen LogP contribution in [0.3, 0.4) is 0 Å². The maximum atomic E-state index is 12.8. The second-order valence-corrected chi connectivity index (χ2v) is 7.08. The summed E-state index contributed by atoms with van der Waals surface area (Å²) in [6.07, 6.45) is 8.83. The van der Waals surface area contributed by atoms with Crippen molar-refractivity contribution in [3.8, 4) is 0 Å². The molecule has 0 heterocycles. The van der Waals surface area contributed by atoms with Gasteiger partial charge in [0.1, 0.15) is 0 Å². The molecule has 2 aromatic carbocycles. The minimum atomic E-state index is 0.0481. The Balaban J connectivity index is 1.52. The molecule has 0 aliphatic heterocycles. The van der Waals surface area contributed by atoms with Gasteiger partial charge in [-0.2, -0.15) is 0 Å². The molecule has 2 aliphatic rings. The van der Waals surface area contributed by atoms with Crippen molar-refractivity contribution in [2.75, 3.05) is 0 Å². The number of aryl methyl sites for hydroxylation is 1. The SMILES string of the molecule is Cc1cccc(C(=O)NC2Cc3ccccc3C2)c1/C=C/C1CC1. The quantitative estimate of drug-likeness (QED) is 0.894. The van der Waals surface area contributed by atoms with Crippen molar-refractivity contribution in [2.24, 2.45) is 5.92 Å². The van der Waals surface area contributed by atoms with Crippen LogP contribution in [-0.4, -0.2) is 11.9 Å². The van der Waals surface area contributed by atoms with Crippen molar-refractivity contribution in [1.82, 2.24) is 5.32 Å². The first-order valence-corrected chi connectivity index (χ1v) is 8.86. The zero-order valence-corrected chi connectivity index (χ0v) is 14.1. The van der Waals surface area contributed by atoms with Crippen molar-refractivity contribution in [2.45, 2.75) is 38.6 Å². The molecule has 0 bridgehead atoms. The monoisotopic (exact) mass is 317 g/mol. The van der Waals surface area contributed by atoms with Gasteiger partial charge in [-0.05, 0) is 66.8 Å². The summed E-state index contributed by atoms with van der Waals surface area (Å²) < 4.78 is 0. The molecule has 0 spiro atoms. The third kappa shape index (κ3) is 3.14. The summed E-state index contributed by atoms with van der Waals surface area (Å²) in [7, 11) is 0. The van der Waals surface area contributed by atoms with Crippen LogP contribution < -0.4 is 5.32 Å². The van der Waals surface area contributed by atoms with Gasteiger partial charge in [-0.1, -0.05) is 48.6 Å². The lowest BCUT2D eigenvalue weighted by Gasteiger charge is -2.14. The van der Waals surface area contributed by atoms with Crippen LogP contribution in [0, 0.1) is 12.8 Å². The molecule has 0 unspecified atom stereocenters. The van der Waals surface area contributed by atoms with E-state index in [-0.39, 0.29) is 11.9 Å². The van der Waals surface area contributed by atoms with Crippen LogP contribution in [0.4, 0.5) is 0 Å². The molecular formula is C22H23NO. The first kappa shape index (κ1) is 15.2. The van der Waals surface area contributed by atoms with Gasteiger partial charge in [0, 0.05) is 11.6 Å². The first-order chi connectivity index (χ1) is 11.7. The molecule has 0 radical (unpaired) electrons. The summed E-state index contributed by atoms with van der Waals surface area (Å²) in [4.78, 5) is 12.8. The zero-order chi connectivity index (χ0) is 16.5. The van der Waals surface area contributed by atoms with E-state index < -0.39 is 0 Å². The van der Waals surface area contributed by atoms with E-state index in [1.54, 1.807) is 0 Å². The van der Waals surface area contributed by atoms with E-state index in [1.165, 1.54) is 24.0 Å². The minimum Gasteiger partial charge on any atom is -0.349 e. The predicted octanol–water partition coefficient (Wildman–Crippen LogP) is 4.32. The number of carbonyl (C=O) groups excluding carboxylic acids is 1. The third-order valence-corrected chi connectivity index (χ3v) is 5.11. The molecule has 1 N–H and O–H groups in total. The van der Waals surface area contributed by atoms with Crippen LogP contribution in [0.15, 0.2) is 48.5 Å². The number of nitrogens with one attached hydrogen (secondary N) is 1. The molecule has 1 amide bonds. The average Bonchev–Trinajstić information content (AvgIpc) is 3.31. The second kappa shape index (κ2) is 6.27. The molecule has 2 aliphatic carbocycles. The summed E-state index contributed by atoms with van der Waals surface area (Å²) in [6.45, 7) is 2.08. The highest BCUT2D eigenvalue weighted by atomic mass is 16.1. The Kier molecular flexibility index (Phi) is 3.97. The van der Waals surface area contributed by atoms with Crippen LogP contribution in [0.5, 0.6) is 0 Å². The highest BCUT2D eigenvalue weighted by Crippen LogP contribution is 2.31. The van der Waals surface area contributed by atoms with Crippen LogP contribution in [0.2, 0.25) is 0 Å². The van der Waals surface area contributed by atoms with E-state index >= 15 is 0 Å². The van der Waals surface area contributed by atoms with Crippen LogP contribution in [-0.2, 0) is 12.8 Å². The number of hydrogen-bond acceptors (Lipinski definition) is 1. The van der Waals surface area contributed by atoms with Crippen LogP contribution >= 0.6 is 0 Å². The van der Waals surface area contributed by atoms with Gasteiger partial charge in [-0.3, -0.25) is 4.79 Å². The Labute approximate surface area is 143 Å². The summed E-state index contributed by atoms with van der Waals surface area (Å²) in [5.41, 5.74) is 5.75. The molecule has 2 nitrogen and oxygen atoms in total. The molecule has 4 rings (SSSR count). The molecule has 122 valence electrons. The normalized spacial score (nSPS) is 17.2. The highest BCUT2D eigenvalue weighted by Gasteiger charge is 2.24. The Hall–Kier alpha value is -2.35. The van der Waals surface area contributed by atoms with E-state index in [2.05, 4.69) is 54.7 Å². The topological polar surface area (TPSA) is 29.1 Å². The van der Waals surface area contributed by atoms with E-state index in [0.29, 0.717) is 5.92 Å². The lowest BCUT2D eigenvalue weighted by molar-refractivity contribution is 0.0938. The fraction of sp³-hybridized carbons (Fsp3) is 0.318. The number of amides is 1. The van der Waals surface area contributed by atoms with Gasteiger partial charge < -0.3 is 5.32 Å². The predicted molar refractivity (Wildman–Crippen MR) is 98.0 cm³/mol. The molecule has 24 heavy (non-hydrogen) atoms. The Morgan fingerprint density at radius 1 is 1.04 bits per heavy atom. The smallest absolute Gasteiger partial charge is 0.252 e. The Bertz CT molecular complexity index is 776. The number of benzene rings is 2. The maximum absolute atomic E-state index is 12.8. The van der Waals surface area contributed by atoms with E-state index in [0.717, 1.165) is 29.5 Å². The number of hydrogen-bond donors (Lipinski definition) is 1. The summed E-state index contributed by atoms with van der Waals surface area (Å²) in [6, 6.07) is 14.7. The fourth-order valence-corrected chi connectivity index (χ4v) is 3.54. The van der Waals surface area contributed by atoms with Crippen molar-refractivity contribution in [1.29, 1.82) is 0 Å². The maximum Gasteiger partial charge on any atom is 0.252 e. The van der Waals surface area contributed by atoms with Crippen LogP contribution in [0.25, 0.3) is 6.08 Å². The van der Waals surface area contributed by atoms with Gasteiger partial charge in [0.05, 0.1) is 0 Å². The largest absolute Gasteiger partial charge is 0.349 e. The third-order valence-electron chi connectivity index (χ3n) is 5.11. The molecule has 2 aromatic rings. The standard InChI is InChI=1S/C22H23NO/c1-15-5-4-8-21(20(15)12-11-16-9-10-16)22(24)23-19-13-17-6-2-3-7-18(17)14-19/h2-8,11-12,16,19H,9-10,13-14H2,1H3,(H,23,24)/b12-11+. The summed E-state index contributed by atoms with van der Waals surface area (Å²) in [5, 5.41) is 3.24. The number of fused-ring (bicyclic) bond motifs is 1. The zero-order valence-electron chi connectivity index (χ0n) is 14.1. The van der Waals surface area contributed by atoms with E-state index in [4.69, 9.17) is 0 Å². The molecule has 0 atom stereocenters. The average molecular weight is 317 g/mol. The van der Waals surface area contributed by atoms with Crippen LogP contribution in [0.1, 0.15) is 45.5 Å². The second-order valence-electron chi connectivity index (χ2n) is 7.08. The van der Waals surface area contributed by atoms with Crippen molar-refractivity contribution >= 4 is 12.0 Å². The van der Waals surface area contributed by atoms with Gasteiger partial charge in [0.15, 0.2) is 0 Å². The van der Waals surface area contributed by atoms with Gasteiger partial charge in [0.2, 0.25) is 0 Å². The highest BCUT2D eigenvalue weighted by molar-refractivity contribution is 5.98. The van der Waals surface area contributed by atoms with Crippen molar-refractivity contribution in [3.63, 3.8) is 0 Å². The van der Waals surface area contributed by atoms with E-state index in [9.17, 15) is 4.79 Å². The van der Waals surface area contributed by atoms with Gasteiger partial charge >= 0.3 is 0 Å². The van der Waals surface area contributed by atoms with Gasteiger partial charge in [-0.25, -0.2) is 0 Å². The molecule has 1 saturated carbocycles. The van der Waals surface area contributed by atoms with Crippen molar-refractivity contribution < 1.29 is 4.79 Å². The minimum absolute atomic E-state index is 0.0481. The number of rotatable bonds is 4. The fourth-order valence-electron chi connectivity index (χ4n) is 3.54. The Morgan fingerprint density at radius 2 is 1.75 bits per heavy atom. The van der Waals surface area contributed by atoms with E-state index in [1.807, 2.05) is 12.1 Å². The van der Waals surface area contributed by atoms with Gasteiger partial charge in [0.25, 0.3) is 5.91 Å². The molecular weight excluding hydrogens is 294 g/mol. The number of allylic oxidation sites excluding steroid dienone is 1.